The Hall–Kier alpha value is -3.60. The average molecular weight is 385 g/mol. The lowest BCUT2D eigenvalue weighted by Gasteiger charge is -2.15. The summed E-state index contributed by atoms with van der Waals surface area (Å²) < 4.78 is 0. The van der Waals surface area contributed by atoms with E-state index in [4.69, 9.17) is 0 Å². The molecule has 29 heavy (non-hydrogen) atoms. The van der Waals surface area contributed by atoms with Crippen LogP contribution in [0.1, 0.15) is 28.8 Å². The van der Waals surface area contributed by atoms with E-state index in [1.54, 1.807) is 6.07 Å². The fourth-order valence-electron chi connectivity index (χ4n) is 3.14. The number of benzene rings is 3. The summed E-state index contributed by atoms with van der Waals surface area (Å²) in [4.78, 5) is 25.1. The van der Waals surface area contributed by atoms with Crippen molar-refractivity contribution in [3.05, 3.63) is 83.9 Å². The summed E-state index contributed by atoms with van der Waals surface area (Å²) in [5.74, 6) is -0.0321. The molecule has 0 heterocycles. The lowest BCUT2D eigenvalue weighted by molar-refractivity contribution is -0.117. The largest absolute Gasteiger partial charge is 0.355 e. The first-order valence-corrected chi connectivity index (χ1v) is 9.75. The second-order valence-electron chi connectivity index (χ2n) is 7.23. The molecule has 5 heteroatoms. The molecule has 1 fully saturated rings. The predicted octanol–water partition coefficient (Wildman–Crippen LogP) is 5.34. The van der Waals surface area contributed by atoms with Gasteiger partial charge in [-0.1, -0.05) is 36.4 Å². The van der Waals surface area contributed by atoms with Crippen LogP contribution < -0.4 is 16.0 Å². The lowest BCUT2D eigenvalue weighted by atomic mass is 10.1. The van der Waals surface area contributed by atoms with Crippen LogP contribution in [0.2, 0.25) is 0 Å². The van der Waals surface area contributed by atoms with E-state index in [0.29, 0.717) is 11.3 Å². The molecule has 0 unspecified atom stereocenters. The van der Waals surface area contributed by atoms with Gasteiger partial charge in [-0.15, -0.1) is 0 Å². The molecule has 0 atom stereocenters. The maximum atomic E-state index is 13.0. The van der Waals surface area contributed by atoms with Crippen LogP contribution in [0.25, 0.3) is 0 Å². The fourth-order valence-corrected chi connectivity index (χ4v) is 3.14. The Labute approximate surface area is 170 Å². The van der Waals surface area contributed by atoms with Crippen LogP contribution in [-0.4, -0.2) is 11.8 Å². The molecule has 0 saturated heterocycles. The summed E-state index contributed by atoms with van der Waals surface area (Å²) in [6.45, 7) is 1.90. The van der Waals surface area contributed by atoms with Gasteiger partial charge < -0.3 is 16.0 Å². The molecular weight excluding hydrogens is 362 g/mol. The van der Waals surface area contributed by atoms with Crippen LogP contribution in [0.4, 0.5) is 22.7 Å². The summed E-state index contributed by atoms with van der Waals surface area (Å²) in [6, 6.07) is 22.6. The minimum Gasteiger partial charge on any atom is -0.355 e. The number of rotatable bonds is 6. The van der Waals surface area contributed by atoms with Gasteiger partial charge in [0.05, 0.1) is 11.3 Å². The first-order chi connectivity index (χ1) is 14.1. The molecular formula is C24H23N3O2. The second-order valence-corrected chi connectivity index (χ2v) is 7.23. The standard InChI is InChI=1S/C24H23N3O2/c1-16-20(26-23(28)17-14-15-17)12-7-13-21(16)27-24(29)19-10-5-6-11-22(19)25-18-8-3-2-4-9-18/h2-13,17,25H,14-15H2,1H3,(H,26,28)(H,27,29). The van der Waals surface area contributed by atoms with Gasteiger partial charge >= 0.3 is 0 Å². The van der Waals surface area contributed by atoms with Crippen molar-refractivity contribution in [3.8, 4) is 0 Å². The van der Waals surface area contributed by atoms with Gasteiger partial charge in [-0.3, -0.25) is 9.59 Å². The third-order valence-electron chi connectivity index (χ3n) is 5.01. The predicted molar refractivity (Wildman–Crippen MR) is 117 cm³/mol. The number of carbonyl (C=O) groups is 2. The molecule has 3 aromatic rings. The minimum absolute atomic E-state index is 0.0500. The SMILES string of the molecule is Cc1c(NC(=O)c2ccccc2Nc2ccccc2)cccc1NC(=O)C1CC1. The summed E-state index contributed by atoms with van der Waals surface area (Å²) in [7, 11) is 0. The van der Waals surface area contributed by atoms with Crippen LogP contribution in [-0.2, 0) is 4.79 Å². The van der Waals surface area contributed by atoms with Crippen molar-refractivity contribution >= 4 is 34.6 Å². The van der Waals surface area contributed by atoms with E-state index in [9.17, 15) is 9.59 Å². The number of anilines is 4. The average Bonchev–Trinajstić information content (AvgIpc) is 3.57. The highest BCUT2D eigenvalue weighted by Gasteiger charge is 2.29. The number of hydrogen-bond donors (Lipinski definition) is 3. The number of carbonyl (C=O) groups excluding carboxylic acids is 2. The molecule has 5 nitrogen and oxygen atoms in total. The van der Waals surface area contributed by atoms with Gasteiger partial charge in [0.1, 0.15) is 0 Å². The molecule has 1 aliphatic carbocycles. The van der Waals surface area contributed by atoms with Gasteiger partial charge in [0.15, 0.2) is 0 Å². The normalized spacial score (nSPS) is 12.9. The Morgan fingerprint density at radius 1 is 0.759 bits per heavy atom. The van der Waals surface area contributed by atoms with E-state index >= 15 is 0 Å². The van der Waals surface area contributed by atoms with Crippen LogP contribution in [0.5, 0.6) is 0 Å². The molecule has 0 aromatic heterocycles. The van der Waals surface area contributed by atoms with Crippen molar-refractivity contribution in [3.63, 3.8) is 0 Å². The highest BCUT2D eigenvalue weighted by Crippen LogP contribution is 2.32. The van der Waals surface area contributed by atoms with Gasteiger partial charge in [0.2, 0.25) is 5.91 Å². The van der Waals surface area contributed by atoms with Gasteiger partial charge in [-0.2, -0.15) is 0 Å². The molecule has 1 aliphatic rings. The van der Waals surface area contributed by atoms with Crippen LogP contribution in [0, 0.1) is 12.8 Å². The molecule has 0 spiro atoms. The Balaban J connectivity index is 1.53. The highest BCUT2D eigenvalue weighted by atomic mass is 16.2. The van der Waals surface area contributed by atoms with Gasteiger partial charge in [-0.25, -0.2) is 0 Å². The van der Waals surface area contributed by atoms with Crippen LogP contribution in [0.15, 0.2) is 72.8 Å². The molecule has 2 amide bonds. The first-order valence-electron chi connectivity index (χ1n) is 9.75. The summed E-state index contributed by atoms with van der Waals surface area (Å²) in [5.41, 5.74) is 4.43. The van der Waals surface area contributed by atoms with Crippen molar-refractivity contribution in [2.24, 2.45) is 5.92 Å². The van der Waals surface area contributed by atoms with E-state index < -0.39 is 0 Å². The lowest BCUT2D eigenvalue weighted by Crippen LogP contribution is -2.17. The van der Waals surface area contributed by atoms with E-state index in [1.807, 2.05) is 73.7 Å². The molecule has 1 saturated carbocycles. The number of hydrogen-bond acceptors (Lipinski definition) is 3. The molecule has 146 valence electrons. The number of amides is 2. The van der Waals surface area contributed by atoms with Crippen molar-refractivity contribution in [2.75, 3.05) is 16.0 Å². The zero-order valence-corrected chi connectivity index (χ0v) is 16.2. The molecule has 0 radical (unpaired) electrons. The quantitative estimate of drug-likeness (QED) is 0.536. The van der Waals surface area contributed by atoms with Gasteiger partial charge in [0.25, 0.3) is 5.91 Å². The second kappa shape index (κ2) is 8.19. The molecule has 3 N–H and O–H groups in total. The highest BCUT2D eigenvalue weighted by molar-refractivity contribution is 6.09. The maximum Gasteiger partial charge on any atom is 0.257 e. The van der Waals surface area contributed by atoms with Crippen molar-refractivity contribution in [1.29, 1.82) is 0 Å². The van der Waals surface area contributed by atoms with Crippen LogP contribution >= 0.6 is 0 Å². The zero-order chi connectivity index (χ0) is 20.2. The van der Waals surface area contributed by atoms with E-state index in [2.05, 4.69) is 16.0 Å². The number of para-hydroxylation sites is 2. The van der Waals surface area contributed by atoms with E-state index in [-0.39, 0.29) is 17.7 Å². The molecule has 4 rings (SSSR count). The summed E-state index contributed by atoms with van der Waals surface area (Å²) >= 11 is 0. The monoisotopic (exact) mass is 385 g/mol. The van der Waals surface area contributed by atoms with Crippen molar-refractivity contribution in [1.82, 2.24) is 0 Å². The summed E-state index contributed by atoms with van der Waals surface area (Å²) in [5, 5.41) is 9.24. The molecule has 0 bridgehead atoms. The van der Waals surface area contributed by atoms with Crippen molar-refractivity contribution in [2.45, 2.75) is 19.8 Å². The Kier molecular flexibility index (Phi) is 5.29. The Bertz CT molecular complexity index is 1040. The van der Waals surface area contributed by atoms with Crippen molar-refractivity contribution < 1.29 is 9.59 Å². The Morgan fingerprint density at radius 2 is 1.38 bits per heavy atom. The van der Waals surface area contributed by atoms with Gasteiger partial charge in [-0.05, 0) is 61.7 Å². The topological polar surface area (TPSA) is 70.2 Å². The maximum absolute atomic E-state index is 13.0. The fraction of sp³-hybridized carbons (Fsp3) is 0.167. The molecule has 0 aliphatic heterocycles. The first kappa shape index (κ1) is 18.7. The van der Waals surface area contributed by atoms with Gasteiger partial charge in [0, 0.05) is 23.0 Å². The smallest absolute Gasteiger partial charge is 0.257 e. The van der Waals surface area contributed by atoms with Crippen LogP contribution in [0.3, 0.4) is 0 Å². The van der Waals surface area contributed by atoms with E-state index in [0.717, 1.165) is 35.5 Å². The minimum atomic E-state index is -0.210. The van der Waals surface area contributed by atoms with E-state index in [1.165, 1.54) is 0 Å². The zero-order valence-electron chi connectivity index (χ0n) is 16.2. The third-order valence-corrected chi connectivity index (χ3v) is 5.01. The molecule has 3 aromatic carbocycles. The summed E-state index contributed by atoms with van der Waals surface area (Å²) in [6.07, 6.45) is 1.90. The number of nitrogens with one attached hydrogen (secondary N) is 3. The third kappa shape index (κ3) is 4.46. The Morgan fingerprint density at radius 3 is 2.10 bits per heavy atom.